The van der Waals surface area contributed by atoms with Gasteiger partial charge in [-0.2, -0.15) is 4.98 Å². The van der Waals surface area contributed by atoms with E-state index in [9.17, 15) is 0 Å². The maximum Gasteiger partial charge on any atom is 0.217 e. The second-order valence-electron chi connectivity index (χ2n) is 5.75. The lowest BCUT2D eigenvalue weighted by Gasteiger charge is -2.23. The monoisotopic (exact) mass is 262 g/mol. The normalized spacial score (nSPS) is 18.3. The molecule has 0 bridgehead atoms. The van der Waals surface area contributed by atoms with E-state index in [2.05, 4.69) is 23.8 Å². The lowest BCUT2D eigenvalue weighted by Crippen LogP contribution is -2.20. The lowest BCUT2D eigenvalue weighted by molar-refractivity contribution is 0.148. The molecular formula is C16H26N2O. The van der Waals surface area contributed by atoms with Crippen molar-refractivity contribution < 1.29 is 4.74 Å². The molecule has 0 amide bonds. The summed E-state index contributed by atoms with van der Waals surface area (Å²) < 4.78 is 6.05. The highest BCUT2D eigenvalue weighted by Gasteiger charge is 2.17. The van der Waals surface area contributed by atoms with Crippen LogP contribution in [0.2, 0.25) is 0 Å². The van der Waals surface area contributed by atoms with Crippen molar-refractivity contribution in [2.24, 2.45) is 0 Å². The fraction of sp³-hybridized carbons (Fsp3) is 0.750. The fourth-order valence-corrected chi connectivity index (χ4v) is 2.81. The van der Waals surface area contributed by atoms with Crippen LogP contribution >= 0.6 is 0 Å². The zero-order chi connectivity index (χ0) is 13.7. The Labute approximate surface area is 116 Å². The molecule has 19 heavy (non-hydrogen) atoms. The van der Waals surface area contributed by atoms with Crippen LogP contribution in [0.1, 0.15) is 76.2 Å². The van der Waals surface area contributed by atoms with E-state index in [-0.39, 0.29) is 0 Å². The summed E-state index contributed by atoms with van der Waals surface area (Å²) in [6.07, 6.45) is 8.97. The van der Waals surface area contributed by atoms with Crippen LogP contribution < -0.4 is 4.74 Å². The van der Waals surface area contributed by atoms with Crippen molar-refractivity contribution in [3.8, 4) is 5.88 Å². The van der Waals surface area contributed by atoms with Gasteiger partial charge in [0.2, 0.25) is 5.88 Å². The van der Waals surface area contributed by atoms with Crippen LogP contribution in [0.3, 0.4) is 0 Å². The third-order valence-corrected chi connectivity index (χ3v) is 3.90. The SMILES string of the molecule is CCCC(C)c1cc(OC2CCCCC2)nc(C)n1. The molecule has 0 saturated heterocycles. The van der Waals surface area contributed by atoms with Crippen molar-refractivity contribution in [1.29, 1.82) is 0 Å². The molecule has 3 nitrogen and oxygen atoms in total. The summed E-state index contributed by atoms with van der Waals surface area (Å²) in [6, 6.07) is 2.04. The molecule has 0 spiro atoms. The van der Waals surface area contributed by atoms with Crippen molar-refractivity contribution in [2.75, 3.05) is 0 Å². The molecule has 1 unspecified atom stereocenters. The number of ether oxygens (including phenoxy) is 1. The van der Waals surface area contributed by atoms with Gasteiger partial charge >= 0.3 is 0 Å². The van der Waals surface area contributed by atoms with Crippen molar-refractivity contribution in [3.05, 3.63) is 17.6 Å². The zero-order valence-corrected chi connectivity index (χ0v) is 12.5. The molecule has 1 aromatic rings. The van der Waals surface area contributed by atoms with Gasteiger partial charge in [-0.3, -0.25) is 0 Å². The van der Waals surface area contributed by atoms with Gasteiger partial charge in [0.1, 0.15) is 11.9 Å². The van der Waals surface area contributed by atoms with Crippen molar-refractivity contribution >= 4 is 0 Å². The van der Waals surface area contributed by atoms with Crippen molar-refractivity contribution in [2.45, 2.75) is 77.7 Å². The molecule has 0 aliphatic heterocycles. The molecule has 1 fully saturated rings. The van der Waals surface area contributed by atoms with Crippen LogP contribution in [0, 0.1) is 6.92 Å². The van der Waals surface area contributed by atoms with E-state index in [0.29, 0.717) is 12.0 Å². The van der Waals surface area contributed by atoms with Gasteiger partial charge in [-0.15, -0.1) is 0 Å². The van der Waals surface area contributed by atoms with Gasteiger partial charge in [-0.05, 0) is 44.9 Å². The number of aryl methyl sites for hydroxylation is 1. The molecule has 0 aromatic carbocycles. The third-order valence-electron chi connectivity index (χ3n) is 3.90. The molecule has 2 rings (SSSR count). The summed E-state index contributed by atoms with van der Waals surface area (Å²) in [7, 11) is 0. The van der Waals surface area contributed by atoms with E-state index >= 15 is 0 Å². The first-order valence-corrected chi connectivity index (χ1v) is 7.71. The predicted octanol–water partition coefficient (Wildman–Crippen LogP) is 4.40. The Balaban J connectivity index is 2.07. The standard InChI is InChI=1S/C16H26N2O/c1-4-8-12(2)15-11-16(18-13(3)17-15)19-14-9-6-5-7-10-14/h11-12,14H,4-10H2,1-3H3. The average Bonchev–Trinajstić information content (AvgIpc) is 2.39. The van der Waals surface area contributed by atoms with E-state index in [4.69, 9.17) is 4.74 Å². The zero-order valence-electron chi connectivity index (χ0n) is 12.5. The van der Waals surface area contributed by atoms with Crippen molar-refractivity contribution in [1.82, 2.24) is 9.97 Å². The Kier molecular flexibility index (Phi) is 5.17. The maximum atomic E-state index is 6.05. The molecular weight excluding hydrogens is 236 g/mol. The van der Waals surface area contributed by atoms with E-state index in [0.717, 1.165) is 17.4 Å². The third kappa shape index (κ3) is 4.19. The lowest BCUT2D eigenvalue weighted by atomic mass is 9.98. The van der Waals surface area contributed by atoms with Crippen molar-refractivity contribution in [3.63, 3.8) is 0 Å². The molecule has 1 aliphatic carbocycles. The second-order valence-corrected chi connectivity index (χ2v) is 5.75. The molecule has 0 N–H and O–H groups in total. The minimum absolute atomic E-state index is 0.359. The minimum Gasteiger partial charge on any atom is -0.474 e. The largest absolute Gasteiger partial charge is 0.474 e. The quantitative estimate of drug-likeness (QED) is 0.789. The average molecular weight is 262 g/mol. The van der Waals surface area contributed by atoms with E-state index in [1.165, 1.54) is 44.9 Å². The number of hydrogen-bond donors (Lipinski definition) is 0. The second kappa shape index (κ2) is 6.88. The van der Waals surface area contributed by atoms with Gasteiger partial charge in [0, 0.05) is 6.07 Å². The summed E-state index contributed by atoms with van der Waals surface area (Å²) in [6.45, 7) is 6.40. The summed E-state index contributed by atoms with van der Waals surface area (Å²) in [5, 5.41) is 0. The first-order valence-electron chi connectivity index (χ1n) is 7.71. The van der Waals surface area contributed by atoms with Crippen LogP contribution in [0.4, 0.5) is 0 Å². The molecule has 1 aliphatic rings. The number of hydrogen-bond acceptors (Lipinski definition) is 3. The van der Waals surface area contributed by atoms with Gasteiger partial charge in [-0.1, -0.05) is 26.7 Å². The Morgan fingerprint density at radius 1 is 1.26 bits per heavy atom. The van der Waals surface area contributed by atoms with Crippen LogP contribution in [-0.2, 0) is 0 Å². The van der Waals surface area contributed by atoms with E-state index in [1.54, 1.807) is 0 Å². The number of nitrogens with zero attached hydrogens (tertiary/aromatic N) is 2. The highest BCUT2D eigenvalue weighted by molar-refractivity contribution is 5.19. The van der Waals surface area contributed by atoms with Crippen LogP contribution in [-0.4, -0.2) is 16.1 Å². The van der Waals surface area contributed by atoms with Gasteiger partial charge in [-0.25, -0.2) is 4.98 Å². The number of aromatic nitrogens is 2. The van der Waals surface area contributed by atoms with Gasteiger partial charge in [0.15, 0.2) is 0 Å². The highest BCUT2D eigenvalue weighted by atomic mass is 16.5. The number of rotatable bonds is 5. The molecule has 0 radical (unpaired) electrons. The Bertz CT molecular complexity index is 400. The van der Waals surface area contributed by atoms with E-state index in [1.807, 2.05) is 13.0 Å². The minimum atomic E-state index is 0.359. The molecule has 1 heterocycles. The summed E-state index contributed by atoms with van der Waals surface area (Å²) >= 11 is 0. The molecule has 1 aromatic heterocycles. The smallest absolute Gasteiger partial charge is 0.217 e. The molecule has 1 saturated carbocycles. The predicted molar refractivity (Wildman–Crippen MR) is 77.6 cm³/mol. The van der Waals surface area contributed by atoms with Gasteiger partial charge in [0.25, 0.3) is 0 Å². The first-order chi connectivity index (χ1) is 9.19. The molecule has 106 valence electrons. The fourth-order valence-electron chi connectivity index (χ4n) is 2.81. The molecule has 1 atom stereocenters. The summed E-state index contributed by atoms with van der Waals surface area (Å²) in [5.74, 6) is 2.09. The van der Waals surface area contributed by atoms with E-state index < -0.39 is 0 Å². The Hall–Kier alpha value is -1.12. The van der Waals surface area contributed by atoms with Crippen LogP contribution in [0.25, 0.3) is 0 Å². The first kappa shape index (κ1) is 14.3. The van der Waals surface area contributed by atoms with Gasteiger partial charge < -0.3 is 4.74 Å². The summed E-state index contributed by atoms with van der Waals surface area (Å²) in [5.41, 5.74) is 1.13. The van der Waals surface area contributed by atoms with Crippen LogP contribution in [0.15, 0.2) is 6.07 Å². The van der Waals surface area contributed by atoms with Gasteiger partial charge in [0.05, 0.1) is 5.69 Å². The molecule has 3 heteroatoms. The Morgan fingerprint density at radius 2 is 2.00 bits per heavy atom. The highest BCUT2D eigenvalue weighted by Crippen LogP contribution is 2.25. The topological polar surface area (TPSA) is 35.0 Å². The van der Waals surface area contributed by atoms with Crippen LogP contribution in [0.5, 0.6) is 5.88 Å². The maximum absolute atomic E-state index is 6.05. The summed E-state index contributed by atoms with van der Waals surface area (Å²) in [4.78, 5) is 8.99. The Morgan fingerprint density at radius 3 is 2.68 bits per heavy atom.